The Kier molecular flexibility index (Phi) is 6.42. The number of carbonyl (C=O) groups is 1. The highest BCUT2D eigenvalue weighted by atomic mass is 79.9. The lowest BCUT2D eigenvalue weighted by Gasteiger charge is -2.07. The van der Waals surface area contributed by atoms with Crippen molar-refractivity contribution in [1.82, 2.24) is 5.43 Å². The van der Waals surface area contributed by atoms with Crippen molar-refractivity contribution in [2.24, 2.45) is 5.10 Å². The zero-order valence-corrected chi connectivity index (χ0v) is 15.2. The lowest BCUT2D eigenvalue weighted by atomic mass is 10.2. The lowest BCUT2D eigenvalue weighted by molar-refractivity contribution is -0.123. The van der Waals surface area contributed by atoms with Crippen molar-refractivity contribution < 1.29 is 9.53 Å². The van der Waals surface area contributed by atoms with Gasteiger partial charge in [-0.1, -0.05) is 45.7 Å². The van der Waals surface area contributed by atoms with Gasteiger partial charge >= 0.3 is 0 Å². The van der Waals surface area contributed by atoms with Crippen LogP contribution in [0.1, 0.15) is 5.56 Å². The lowest BCUT2D eigenvalue weighted by Crippen LogP contribution is -2.24. The van der Waals surface area contributed by atoms with Gasteiger partial charge in [0.2, 0.25) is 0 Å². The van der Waals surface area contributed by atoms with E-state index >= 15 is 0 Å². The summed E-state index contributed by atoms with van der Waals surface area (Å²) in [6, 6.07) is 12.6. The largest absolute Gasteiger partial charge is 0.483 e. The van der Waals surface area contributed by atoms with Crippen molar-refractivity contribution in [2.45, 2.75) is 0 Å². The van der Waals surface area contributed by atoms with Crippen molar-refractivity contribution in [2.75, 3.05) is 6.61 Å². The average molecular weight is 447 g/mol. The maximum Gasteiger partial charge on any atom is 0.277 e. The maximum absolute atomic E-state index is 11.7. The molecule has 2 aromatic rings. The number of ether oxygens (including phenoxy) is 1. The van der Waals surface area contributed by atoms with Gasteiger partial charge in [0, 0.05) is 15.1 Å². The molecule has 0 saturated carbocycles. The van der Waals surface area contributed by atoms with Crippen LogP contribution in [-0.4, -0.2) is 18.7 Å². The highest BCUT2D eigenvalue weighted by molar-refractivity contribution is 9.11. The van der Waals surface area contributed by atoms with Gasteiger partial charge in [0.25, 0.3) is 5.91 Å². The van der Waals surface area contributed by atoms with Crippen LogP contribution in [0.4, 0.5) is 0 Å². The standard InChI is InChI=1S/C15H11Br2ClN2O2/c16-11-5-6-14(12(17)7-11)22-9-15(21)20-19-8-10-3-1-2-4-13(10)18/h1-8H,9H2,(H,20,21). The van der Waals surface area contributed by atoms with Gasteiger partial charge in [-0.15, -0.1) is 0 Å². The van der Waals surface area contributed by atoms with Gasteiger partial charge in [0.1, 0.15) is 5.75 Å². The van der Waals surface area contributed by atoms with Crippen LogP contribution in [0.2, 0.25) is 5.02 Å². The van der Waals surface area contributed by atoms with Crippen LogP contribution in [0.25, 0.3) is 0 Å². The van der Waals surface area contributed by atoms with Gasteiger partial charge in [0.15, 0.2) is 6.61 Å². The second-order valence-electron chi connectivity index (χ2n) is 4.18. The minimum atomic E-state index is -0.363. The molecule has 1 N–H and O–H groups in total. The third-order valence-corrected chi connectivity index (χ3v) is 4.01. The number of hydrogen-bond donors (Lipinski definition) is 1. The van der Waals surface area contributed by atoms with Crippen molar-refractivity contribution >= 4 is 55.6 Å². The Morgan fingerprint density at radius 1 is 1.27 bits per heavy atom. The quantitative estimate of drug-likeness (QED) is 0.547. The van der Waals surface area contributed by atoms with Crippen LogP contribution in [0.5, 0.6) is 5.75 Å². The molecule has 0 aliphatic heterocycles. The molecule has 0 aromatic heterocycles. The fourth-order valence-corrected chi connectivity index (χ4v) is 2.87. The molecule has 0 atom stereocenters. The molecule has 0 aliphatic rings. The number of hydrogen-bond acceptors (Lipinski definition) is 3. The number of hydrazone groups is 1. The first kappa shape index (κ1) is 17.0. The van der Waals surface area contributed by atoms with Gasteiger partial charge in [-0.25, -0.2) is 5.43 Å². The normalized spacial score (nSPS) is 10.7. The average Bonchev–Trinajstić information content (AvgIpc) is 2.48. The molecule has 114 valence electrons. The smallest absolute Gasteiger partial charge is 0.277 e. The summed E-state index contributed by atoms with van der Waals surface area (Å²) in [5.74, 6) is 0.214. The number of nitrogens with zero attached hydrogens (tertiary/aromatic N) is 1. The molecular formula is C15H11Br2ClN2O2. The summed E-state index contributed by atoms with van der Waals surface area (Å²) in [5.41, 5.74) is 3.10. The van der Waals surface area contributed by atoms with Crippen LogP contribution in [0, 0.1) is 0 Å². The fraction of sp³-hybridized carbons (Fsp3) is 0.0667. The molecule has 1 amide bonds. The molecule has 22 heavy (non-hydrogen) atoms. The Hall–Kier alpha value is -1.37. The predicted octanol–water partition coefficient (Wildman–Crippen LogP) is 4.39. The third-order valence-electron chi connectivity index (χ3n) is 2.55. The molecule has 2 rings (SSSR count). The summed E-state index contributed by atoms with van der Waals surface area (Å²) in [6.07, 6.45) is 1.48. The number of amides is 1. The van der Waals surface area contributed by atoms with Crippen molar-refractivity contribution in [3.8, 4) is 5.75 Å². The van der Waals surface area contributed by atoms with E-state index in [-0.39, 0.29) is 12.5 Å². The molecule has 0 unspecified atom stereocenters. The van der Waals surface area contributed by atoms with Crippen molar-refractivity contribution in [1.29, 1.82) is 0 Å². The number of halogens is 3. The van der Waals surface area contributed by atoms with Gasteiger partial charge in [-0.05, 0) is 40.2 Å². The molecule has 7 heteroatoms. The summed E-state index contributed by atoms with van der Waals surface area (Å²) < 4.78 is 7.08. The number of benzene rings is 2. The Bertz CT molecular complexity index is 708. The van der Waals surface area contributed by atoms with E-state index in [1.54, 1.807) is 18.2 Å². The predicted molar refractivity (Wildman–Crippen MR) is 94.5 cm³/mol. The Labute approximate surface area is 149 Å². The van der Waals surface area contributed by atoms with E-state index in [1.165, 1.54) is 6.21 Å². The van der Waals surface area contributed by atoms with E-state index in [1.807, 2.05) is 24.3 Å². The van der Waals surface area contributed by atoms with Gasteiger partial charge in [-0.2, -0.15) is 5.10 Å². The Morgan fingerprint density at radius 3 is 2.77 bits per heavy atom. The first-order chi connectivity index (χ1) is 10.6. The highest BCUT2D eigenvalue weighted by Crippen LogP contribution is 2.28. The second kappa shape index (κ2) is 8.31. The molecular weight excluding hydrogens is 435 g/mol. The monoisotopic (exact) mass is 444 g/mol. The van der Waals surface area contributed by atoms with Gasteiger partial charge < -0.3 is 4.74 Å². The zero-order chi connectivity index (χ0) is 15.9. The number of nitrogens with one attached hydrogen (secondary N) is 1. The maximum atomic E-state index is 11.7. The fourth-order valence-electron chi connectivity index (χ4n) is 1.52. The van der Waals surface area contributed by atoms with Crippen LogP contribution in [-0.2, 0) is 4.79 Å². The first-order valence-corrected chi connectivity index (χ1v) is 8.17. The Balaban J connectivity index is 1.84. The van der Waals surface area contributed by atoms with E-state index in [2.05, 4.69) is 42.4 Å². The molecule has 0 fully saturated rings. The summed E-state index contributed by atoms with van der Waals surface area (Å²) in [7, 11) is 0. The SMILES string of the molecule is O=C(COc1ccc(Br)cc1Br)NN=Cc1ccccc1Cl. The van der Waals surface area contributed by atoms with E-state index in [0.29, 0.717) is 10.8 Å². The second-order valence-corrected chi connectivity index (χ2v) is 6.36. The van der Waals surface area contributed by atoms with E-state index in [9.17, 15) is 4.79 Å². The van der Waals surface area contributed by atoms with Crippen LogP contribution in [0.15, 0.2) is 56.5 Å². The summed E-state index contributed by atoms with van der Waals surface area (Å²) in [6.45, 7) is -0.139. The topological polar surface area (TPSA) is 50.7 Å². The molecule has 0 bridgehead atoms. The van der Waals surface area contributed by atoms with E-state index in [0.717, 1.165) is 14.5 Å². The summed E-state index contributed by atoms with van der Waals surface area (Å²) in [4.78, 5) is 11.7. The number of carbonyl (C=O) groups excluding carboxylic acids is 1. The van der Waals surface area contributed by atoms with Gasteiger partial charge in [-0.3, -0.25) is 4.79 Å². The van der Waals surface area contributed by atoms with Crippen LogP contribution in [0.3, 0.4) is 0 Å². The van der Waals surface area contributed by atoms with Crippen LogP contribution >= 0.6 is 43.5 Å². The number of rotatable bonds is 5. The third kappa shape index (κ3) is 5.12. The molecule has 0 spiro atoms. The highest BCUT2D eigenvalue weighted by Gasteiger charge is 2.05. The van der Waals surface area contributed by atoms with Gasteiger partial charge in [0.05, 0.1) is 10.7 Å². The van der Waals surface area contributed by atoms with Crippen molar-refractivity contribution in [3.63, 3.8) is 0 Å². The molecule has 0 aliphatic carbocycles. The van der Waals surface area contributed by atoms with E-state index < -0.39 is 0 Å². The molecule has 0 saturated heterocycles. The minimum absolute atomic E-state index is 0.139. The minimum Gasteiger partial charge on any atom is -0.483 e. The summed E-state index contributed by atoms with van der Waals surface area (Å²) in [5, 5.41) is 4.41. The van der Waals surface area contributed by atoms with E-state index in [4.69, 9.17) is 16.3 Å². The molecule has 0 radical (unpaired) electrons. The molecule has 0 heterocycles. The molecule has 2 aromatic carbocycles. The van der Waals surface area contributed by atoms with Crippen LogP contribution < -0.4 is 10.2 Å². The van der Waals surface area contributed by atoms with Crippen molar-refractivity contribution in [3.05, 3.63) is 62.0 Å². The first-order valence-electron chi connectivity index (χ1n) is 6.20. The molecule has 4 nitrogen and oxygen atoms in total. The Morgan fingerprint density at radius 2 is 2.05 bits per heavy atom. The zero-order valence-electron chi connectivity index (χ0n) is 11.2. The summed E-state index contributed by atoms with van der Waals surface area (Å²) >= 11 is 12.7.